The summed E-state index contributed by atoms with van der Waals surface area (Å²) in [5, 5.41) is 0. The van der Waals surface area contributed by atoms with E-state index in [1.165, 1.54) is 31.7 Å². The zero-order valence-electron chi connectivity index (χ0n) is 13.6. The van der Waals surface area contributed by atoms with Gasteiger partial charge in [-0.25, -0.2) is 14.4 Å². The van der Waals surface area contributed by atoms with Gasteiger partial charge in [0.2, 0.25) is 5.88 Å². The average Bonchev–Trinajstić information content (AvgIpc) is 3.22. The first-order valence-electron chi connectivity index (χ1n) is 8.29. The van der Waals surface area contributed by atoms with Crippen molar-refractivity contribution in [1.29, 1.82) is 0 Å². The first-order valence-corrected chi connectivity index (χ1v) is 8.29. The molecule has 0 bridgehead atoms. The molecule has 3 heterocycles. The fourth-order valence-corrected chi connectivity index (χ4v) is 3.26. The molecule has 3 aromatic rings. The van der Waals surface area contributed by atoms with Crippen LogP contribution in [0.3, 0.4) is 0 Å². The lowest BCUT2D eigenvalue weighted by atomic mass is 10.1. The zero-order chi connectivity index (χ0) is 16.5. The Morgan fingerprint density at radius 3 is 2.88 bits per heavy atom. The molecule has 0 aromatic carbocycles. The van der Waals surface area contributed by atoms with E-state index in [9.17, 15) is 4.39 Å². The van der Waals surface area contributed by atoms with Crippen molar-refractivity contribution in [2.24, 2.45) is 5.92 Å². The summed E-state index contributed by atoms with van der Waals surface area (Å²) in [6.45, 7) is 2.51. The Balaban J connectivity index is 1.60. The largest absolute Gasteiger partial charge is 0.476 e. The smallest absolute Gasteiger partial charge is 0.232 e. The van der Waals surface area contributed by atoms with Gasteiger partial charge in [-0.1, -0.05) is 12.8 Å². The maximum absolute atomic E-state index is 14.2. The Labute approximate surface area is 139 Å². The Bertz CT molecular complexity index is 871. The number of nitrogens with zero attached hydrogens (tertiary/aromatic N) is 4. The number of pyridine rings is 1. The van der Waals surface area contributed by atoms with Gasteiger partial charge in [0, 0.05) is 18.0 Å². The van der Waals surface area contributed by atoms with E-state index < -0.39 is 0 Å². The van der Waals surface area contributed by atoms with Crippen molar-refractivity contribution in [3.63, 3.8) is 0 Å². The van der Waals surface area contributed by atoms with Crippen molar-refractivity contribution < 1.29 is 9.13 Å². The molecule has 124 valence electrons. The van der Waals surface area contributed by atoms with E-state index in [4.69, 9.17) is 4.74 Å². The van der Waals surface area contributed by atoms with Crippen LogP contribution in [0.15, 0.2) is 30.9 Å². The molecule has 6 heteroatoms. The van der Waals surface area contributed by atoms with Gasteiger partial charge in [-0.3, -0.25) is 4.98 Å². The Morgan fingerprint density at radius 2 is 2.04 bits per heavy atom. The molecule has 0 aliphatic heterocycles. The molecule has 0 N–H and O–H groups in total. The van der Waals surface area contributed by atoms with Gasteiger partial charge >= 0.3 is 0 Å². The van der Waals surface area contributed by atoms with Gasteiger partial charge in [-0.2, -0.15) is 0 Å². The van der Waals surface area contributed by atoms with Crippen LogP contribution in [-0.2, 0) is 0 Å². The molecular formula is C18H19FN4O. The van der Waals surface area contributed by atoms with Crippen LogP contribution in [0, 0.1) is 18.7 Å². The predicted molar refractivity (Wildman–Crippen MR) is 88.4 cm³/mol. The van der Waals surface area contributed by atoms with Crippen molar-refractivity contribution in [1.82, 2.24) is 19.4 Å². The summed E-state index contributed by atoms with van der Waals surface area (Å²) in [6.07, 6.45) is 11.8. The van der Waals surface area contributed by atoms with Crippen molar-refractivity contribution in [2.45, 2.75) is 32.6 Å². The highest BCUT2D eigenvalue weighted by molar-refractivity contribution is 5.61. The fourth-order valence-electron chi connectivity index (χ4n) is 3.26. The number of rotatable bonds is 4. The van der Waals surface area contributed by atoms with Crippen LogP contribution in [0.25, 0.3) is 16.9 Å². The Hall–Kier alpha value is -2.50. The van der Waals surface area contributed by atoms with Crippen LogP contribution in [0.2, 0.25) is 0 Å². The van der Waals surface area contributed by atoms with Gasteiger partial charge in [0.15, 0.2) is 11.5 Å². The normalized spacial score (nSPS) is 15.2. The van der Waals surface area contributed by atoms with Crippen LogP contribution in [0.1, 0.15) is 31.4 Å². The number of halogens is 1. The number of imidazole rings is 1. The summed E-state index contributed by atoms with van der Waals surface area (Å²) in [6, 6.07) is 1.44. The summed E-state index contributed by atoms with van der Waals surface area (Å²) >= 11 is 0. The minimum atomic E-state index is -0.375. The molecule has 0 unspecified atom stereocenters. The molecule has 3 aromatic heterocycles. The summed E-state index contributed by atoms with van der Waals surface area (Å²) < 4.78 is 21.7. The highest BCUT2D eigenvalue weighted by Crippen LogP contribution is 2.26. The van der Waals surface area contributed by atoms with Gasteiger partial charge in [0.1, 0.15) is 0 Å². The van der Waals surface area contributed by atoms with Gasteiger partial charge in [-0.05, 0) is 31.7 Å². The van der Waals surface area contributed by atoms with Crippen LogP contribution >= 0.6 is 0 Å². The average molecular weight is 326 g/mol. The van der Waals surface area contributed by atoms with Gasteiger partial charge in [0.05, 0.1) is 30.4 Å². The molecule has 0 spiro atoms. The van der Waals surface area contributed by atoms with Crippen LogP contribution in [0.4, 0.5) is 4.39 Å². The molecule has 5 nitrogen and oxygen atoms in total. The van der Waals surface area contributed by atoms with Crippen molar-refractivity contribution in [2.75, 3.05) is 6.61 Å². The Kier molecular flexibility index (Phi) is 3.88. The number of aryl methyl sites for hydroxylation is 1. The lowest BCUT2D eigenvalue weighted by molar-refractivity contribution is 0.243. The lowest BCUT2D eigenvalue weighted by Crippen LogP contribution is -2.09. The van der Waals surface area contributed by atoms with E-state index >= 15 is 0 Å². The predicted octanol–water partition coefficient (Wildman–Crippen LogP) is 3.81. The second-order valence-electron chi connectivity index (χ2n) is 6.39. The minimum absolute atomic E-state index is 0.317. The first-order chi connectivity index (χ1) is 11.7. The third kappa shape index (κ3) is 2.96. The second kappa shape index (κ2) is 6.19. The maximum atomic E-state index is 14.2. The standard InChI is InChI=1S/C18H19FN4O/c1-12-9-23-10-14(6-15(19)18(23)21-12)16-7-20-8-17(22-16)24-11-13-4-2-3-5-13/h6-10,13H,2-5,11H2,1H3. The highest BCUT2D eigenvalue weighted by Gasteiger charge is 2.16. The highest BCUT2D eigenvalue weighted by atomic mass is 19.1. The molecule has 0 atom stereocenters. The summed E-state index contributed by atoms with van der Waals surface area (Å²) in [5.41, 5.74) is 2.32. The number of fused-ring (bicyclic) bond motifs is 1. The fraction of sp³-hybridized carbons (Fsp3) is 0.389. The summed E-state index contributed by atoms with van der Waals surface area (Å²) in [5.74, 6) is 0.722. The molecule has 0 amide bonds. The molecule has 1 aliphatic carbocycles. The van der Waals surface area contributed by atoms with E-state index in [0.717, 1.165) is 5.69 Å². The topological polar surface area (TPSA) is 52.3 Å². The molecule has 1 saturated carbocycles. The summed E-state index contributed by atoms with van der Waals surface area (Å²) in [7, 11) is 0. The van der Waals surface area contributed by atoms with E-state index in [0.29, 0.717) is 35.3 Å². The maximum Gasteiger partial charge on any atom is 0.232 e. The minimum Gasteiger partial charge on any atom is -0.476 e. The van der Waals surface area contributed by atoms with E-state index in [-0.39, 0.29) is 5.82 Å². The number of ether oxygens (including phenoxy) is 1. The molecule has 4 rings (SSSR count). The third-order valence-electron chi connectivity index (χ3n) is 4.48. The van der Waals surface area contributed by atoms with Crippen molar-refractivity contribution >= 4 is 5.65 Å². The van der Waals surface area contributed by atoms with Crippen molar-refractivity contribution in [3.8, 4) is 17.1 Å². The summed E-state index contributed by atoms with van der Waals surface area (Å²) in [4.78, 5) is 12.8. The van der Waals surface area contributed by atoms with Gasteiger partial charge in [-0.15, -0.1) is 0 Å². The van der Waals surface area contributed by atoms with Crippen LogP contribution in [0.5, 0.6) is 5.88 Å². The quantitative estimate of drug-likeness (QED) is 0.731. The third-order valence-corrected chi connectivity index (χ3v) is 4.48. The number of hydrogen-bond acceptors (Lipinski definition) is 4. The van der Waals surface area contributed by atoms with Crippen LogP contribution in [-0.4, -0.2) is 26.0 Å². The van der Waals surface area contributed by atoms with Gasteiger partial charge < -0.3 is 9.14 Å². The molecule has 0 saturated heterocycles. The molecular weight excluding hydrogens is 307 g/mol. The second-order valence-corrected chi connectivity index (χ2v) is 6.39. The molecule has 0 radical (unpaired) electrons. The molecule has 1 aliphatic rings. The number of aromatic nitrogens is 4. The molecule has 1 fully saturated rings. The first kappa shape index (κ1) is 15.1. The monoisotopic (exact) mass is 326 g/mol. The van der Waals surface area contributed by atoms with Crippen LogP contribution < -0.4 is 4.74 Å². The van der Waals surface area contributed by atoms with E-state index in [1.54, 1.807) is 23.0 Å². The number of hydrogen-bond donors (Lipinski definition) is 0. The van der Waals surface area contributed by atoms with Gasteiger partial charge in [0.25, 0.3) is 0 Å². The van der Waals surface area contributed by atoms with Crippen molar-refractivity contribution in [3.05, 3.63) is 42.4 Å². The lowest BCUT2D eigenvalue weighted by Gasteiger charge is -2.11. The van der Waals surface area contributed by atoms with E-state index in [2.05, 4.69) is 15.0 Å². The Morgan fingerprint density at radius 1 is 1.21 bits per heavy atom. The SMILES string of the molecule is Cc1cn2cc(-c3cncc(OCC4CCCC4)n3)cc(F)c2n1. The molecule has 24 heavy (non-hydrogen) atoms. The zero-order valence-corrected chi connectivity index (χ0v) is 13.6. The van der Waals surface area contributed by atoms with E-state index in [1.807, 2.05) is 13.1 Å².